The van der Waals surface area contributed by atoms with E-state index < -0.39 is 16.9 Å². The summed E-state index contributed by atoms with van der Waals surface area (Å²) in [5.41, 5.74) is 2.34. The summed E-state index contributed by atoms with van der Waals surface area (Å²) >= 11 is 0. The van der Waals surface area contributed by atoms with Gasteiger partial charge in [0.05, 0.1) is 19.3 Å². The third-order valence-corrected chi connectivity index (χ3v) is 8.30. The number of hydrogen-bond donors (Lipinski definition) is 2. The lowest BCUT2D eigenvalue weighted by atomic mass is 9.58. The van der Waals surface area contributed by atoms with E-state index in [1.807, 2.05) is 12.1 Å². The van der Waals surface area contributed by atoms with Crippen LogP contribution in [0, 0.1) is 11.3 Å². The fourth-order valence-corrected chi connectivity index (χ4v) is 7.49. The van der Waals surface area contributed by atoms with Crippen LogP contribution in [-0.2, 0) is 14.9 Å². The van der Waals surface area contributed by atoms with E-state index in [-0.39, 0.29) is 24.0 Å². The molecule has 5 bridgehead atoms. The number of nitrogens with one attached hydrogen (secondary N) is 1. The van der Waals surface area contributed by atoms with E-state index in [1.54, 1.807) is 0 Å². The minimum Gasteiger partial charge on any atom is -0.468 e. The van der Waals surface area contributed by atoms with Crippen LogP contribution in [-0.4, -0.2) is 53.9 Å². The number of benzene rings is 1. The highest BCUT2D eigenvalue weighted by atomic mass is 16.5. The number of carbonyl (C=O) groups is 1. The normalized spacial score (nSPS) is 50.5. The maximum absolute atomic E-state index is 13.2. The predicted molar refractivity (Wildman–Crippen MR) is 96.7 cm³/mol. The number of carbonyl (C=O) groups excluding carboxylic acids is 1. The minimum atomic E-state index is -0.848. The van der Waals surface area contributed by atoms with Gasteiger partial charge in [-0.25, -0.2) is 0 Å². The molecule has 1 aromatic rings. The van der Waals surface area contributed by atoms with E-state index in [4.69, 9.17) is 4.74 Å². The molecule has 0 amide bonds. The van der Waals surface area contributed by atoms with Crippen LogP contribution in [0.4, 0.5) is 5.69 Å². The monoisotopic (exact) mass is 352 g/mol. The molecule has 4 saturated heterocycles. The molecule has 5 heteroatoms. The summed E-state index contributed by atoms with van der Waals surface area (Å²) in [7, 11) is 1.46. The van der Waals surface area contributed by atoms with Crippen molar-refractivity contribution in [3.05, 3.63) is 41.5 Å². The smallest absolute Gasteiger partial charge is 0.316 e. The van der Waals surface area contributed by atoms with Gasteiger partial charge in [-0.2, -0.15) is 0 Å². The molecule has 1 saturated carbocycles. The highest BCUT2D eigenvalue weighted by Crippen LogP contribution is 2.71. The second kappa shape index (κ2) is 4.52. The van der Waals surface area contributed by atoms with E-state index in [1.165, 1.54) is 18.2 Å². The van der Waals surface area contributed by atoms with Crippen LogP contribution in [0.2, 0.25) is 0 Å². The SMILES string of the molecule is C/C=C1/CN2[C@H]3C[C@@]45c6ccccc6NC4[C@@H]2CC1C3(C(=O)OC)[C@@H]5O. The Bertz CT molecular complexity index is 867. The molecular formula is C21H24N2O3. The Morgan fingerprint density at radius 2 is 2.23 bits per heavy atom. The average Bonchev–Trinajstić information content (AvgIpc) is 3.13. The van der Waals surface area contributed by atoms with Crippen molar-refractivity contribution in [1.82, 2.24) is 4.90 Å². The molecule has 5 heterocycles. The number of ether oxygens (including phenoxy) is 1. The van der Waals surface area contributed by atoms with Crippen LogP contribution in [0.25, 0.3) is 0 Å². The lowest BCUT2D eigenvalue weighted by Crippen LogP contribution is -2.71. The van der Waals surface area contributed by atoms with E-state index in [0.717, 1.165) is 25.1 Å². The number of anilines is 1. The van der Waals surface area contributed by atoms with Crippen LogP contribution < -0.4 is 5.32 Å². The molecule has 4 unspecified atom stereocenters. The Morgan fingerprint density at radius 3 is 3.00 bits per heavy atom. The fourth-order valence-electron chi connectivity index (χ4n) is 7.49. The van der Waals surface area contributed by atoms with Crippen LogP contribution in [0.3, 0.4) is 0 Å². The molecule has 5 fully saturated rings. The van der Waals surface area contributed by atoms with Crippen LogP contribution in [0.5, 0.6) is 0 Å². The van der Waals surface area contributed by atoms with Crippen molar-refractivity contribution < 1.29 is 14.6 Å². The molecule has 2 N–H and O–H groups in total. The van der Waals surface area contributed by atoms with Crippen molar-refractivity contribution in [1.29, 1.82) is 0 Å². The van der Waals surface area contributed by atoms with Gasteiger partial charge in [0, 0.05) is 35.6 Å². The zero-order chi connectivity index (χ0) is 17.8. The topological polar surface area (TPSA) is 61.8 Å². The molecule has 6 aliphatic rings. The average molecular weight is 352 g/mol. The number of allylic oxidation sites excluding steroid dienone is 1. The largest absolute Gasteiger partial charge is 0.468 e. The first-order valence-corrected chi connectivity index (χ1v) is 9.64. The number of aliphatic hydroxyl groups is 1. The molecule has 0 radical (unpaired) electrons. The van der Waals surface area contributed by atoms with Gasteiger partial charge in [-0.3, -0.25) is 9.69 Å². The summed E-state index contributed by atoms with van der Waals surface area (Å²) < 4.78 is 5.34. The van der Waals surface area contributed by atoms with Gasteiger partial charge in [-0.15, -0.1) is 0 Å². The van der Waals surface area contributed by atoms with Gasteiger partial charge in [0.2, 0.25) is 0 Å². The summed E-state index contributed by atoms with van der Waals surface area (Å²) in [6.07, 6.45) is 3.15. The molecule has 26 heavy (non-hydrogen) atoms. The van der Waals surface area contributed by atoms with Crippen molar-refractivity contribution in [2.75, 3.05) is 19.0 Å². The zero-order valence-electron chi connectivity index (χ0n) is 15.1. The molecule has 5 nitrogen and oxygen atoms in total. The van der Waals surface area contributed by atoms with Crippen molar-refractivity contribution in [3.8, 4) is 0 Å². The molecule has 5 aliphatic heterocycles. The quantitative estimate of drug-likeness (QED) is 0.595. The Labute approximate surface area is 153 Å². The highest BCUT2D eigenvalue weighted by Gasteiger charge is 2.82. The van der Waals surface area contributed by atoms with Crippen molar-refractivity contribution in [2.24, 2.45) is 11.3 Å². The molecule has 1 aliphatic carbocycles. The molecule has 1 aromatic carbocycles. The predicted octanol–water partition coefficient (Wildman–Crippen LogP) is 1.68. The summed E-state index contributed by atoms with van der Waals surface area (Å²) in [5.74, 6) is -0.154. The lowest BCUT2D eigenvalue weighted by Gasteiger charge is -2.60. The molecule has 136 valence electrons. The fraction of sp³-hybridized carbons (Fsp3) is 0.571. The van der Waals surface area contributed by atoms with Crippen LogP contribution >= 0.6 is 0 Å². The Balaban J connectivity index is 1.65. The summed E-state index contributed by atoms with van der Waals surface area (Å²) in [4.78, 5) is 15.7. The van der Waals surface area contributed by atoms with Gasteiger partial charge in [0.25, 0.3) is 0 Å². The number of aliphatic hydroxyl groups excluding tert-OH is 1. The standard InChI is InChI=1S/C21H24N2O3/c1-3-11-10-23-15-8-13(11)21(19(25)26-2)16(23)9-20(18(21)24)12-6-4-5-7-14(12)22-17(15)20/h3-7,13,15-18,22,24H,8-10H2,1-2H3/b11-3-/t13?,15-,16-,17?,18+,20+,21?/m0/s1. The maximum Gasteiger partial charge on any atom is 0.316 e. The second-order valence-corrected chi connectivity index (χ2v) is 8.65. The number of piperidine rings is 4. The number of hydrogen-bond acceptors (Lipinski definition) is 5. The minimum absolute atomic E-state index is 0.0570. The van der Waals surface area contributed by atoms with Gasteiger partial charge >= 0.3 is 5.97 Å². The molecule has 0 aromatic heterocycles. The molecule has 7 rings (SSSR count). The summed E-state index contributed by atoms with van der Waals surface area (Å²) in [5, 5.41) is 15.6. The van der Waals surface area contributed by atoms with E-state index in [0.29, 0.717) is 6.04 Å². The van der Waals surface area contributed by atoms with Gasteiger partial charge in [0.1, 0.15) is 5.41 Å². The summed E-state index contributed by atoms with van der Waals surface area (Å²) in [6.45, 7) is 2.96. The Hall–Kier alpha value is -1.85. The van der Waals surface area contributed by atoms with E-state index in [9.17, 15) is 9.90 Å². The first-order chi connectivity index (χ1) is 12.6. The molecule has 1 spiro atoms. The third kappa shape index (κ3) is 1.28. The van der Waals surface area contributed by atoms with Gasteiger partial charge in [0.15, 0.2) is 0 Å². The molecular weight excluding hydrogens is 328 g/mol. The van der Waals surface area contributed by atoms with Crippen molar-refractivity contribution in [3.63, 3.8) is 0 Å². The van der Waals surface area contributed by atoms with E-state index in [2.05, 4.69) is 35.3 Å². The number of fused-ring (bicyclic) bond motifs is 2. The second-order valence-electron chi connectivity index (χ2n) is 8.65. The molecule has 8 atom stereocenters. The Morgan fingerprint density at radius 1 is 1.42 bits per heavy atom. The van der Waals surface area contributed by atoms with Crippen molar-refractivity contribution >= 4 is 11.7 Å². The summed E-state index contributed by atoms with van der Waals surface area (Å²) in [6, 6.07) is 8.89. The van der Waals surface area contributed by atoms with Crippen LogP contribution in [0.15, 0.2) is 35.9 Å². The van der Waals surface area contributed by atoms with Gasteiger partial charge in [-0.1, -0.05) is 29.8 Å². The van der Waals surface area contributed by atoms with E-state index >= 15 is 0 Å². The van der Waals surface area contributed by atoms with Gasteiger partial charge < -0.3 is 15.2 Å². The maximum atomic E-state index is 13.2. The number of nitrogens with zero attached hydrogens (tertiary/aromatic N) is 1. The third-order valence-electron chi connectivity index (χ3n) is 8.30. The van der Waals surface area contributed by atoms with Crippen LogP contribution in [0.1, 0.15) is 25.3 Å². The number of para-hydroxylation sites is 1. The lowest BCUT2D eigenvalue weighted by molar-refractivity contribution is -0.179. The number of esters is 1. The first kappa shape index (κ1) is 15.2. The number of methoxy groups -OCH3 is 1. The zero-order valence-corrected chi connectivity index (χ0v) is 15.1. The first-order valence-electron chi connectivity index (χ1n) is 9.64. The van der Waals surface area contributed by atoms with Crippen molar-refractivity contribution in [2.45, 2.75) is 49.4 Å². The number of rotatable bonds is 1. The Kier molecular flexibility index (Phi) is 2.65. The van der Waals surface area contributed by atoms with Gasteiger partial charge in [-0.05, 0) is 31.4 Å². The highest BCUT2D eigenvalue weighted by molar-refractivity contribution is 5.84.